The average Bonchev–Trinajstić information content (AvgIpc) is 3.22. The molecule has 0 radical (unpaired) electrons. The molecule has 0 saturated carbocycles. The lowest BCUT2D eigenvalue weighted by molar-refractivity contribution is 0.103. The SMILES string of the molecule is Cc1ccc2c(c1)C(=O)c1ccccc1-2.O=C1c2ccccc2-c2cccc(O)c21. The van der Waals surface area contributed by atoms with Crippen molar-refractivity contribution in [2.24, 2.45) is 0 Å². The average molecular weight is 390 g/mol. The van der Waals surface area contributed by atoms with Crippen molar-refractivity contribution in [3.63, 3.8) is 0 Å². The summed E-state index contributed by atoms with van der Waals surface area (Å²) in [6, 6.07) is 26.4. The van der Waals surface area contributed by atoms with Crippen LogP contribution in [0.4, 0.5) is 0 Å². The van der Waals surface area contributed by atoms with Crippen LogP contribution in [0.25, 0.3) is 22.3 Å². The van der Waals surface area contributed by atoms with Gasteiger partial charge in [0.15, 0.2) is 11.6 Å². The molecule has 0 atom stereocenters. The monoisotopic (exact) mass is 390 g/mol. The van der Waals surface area contributed by atoms with Crippen molar-refractivity contribution in [1.29, 1.82) is 0 Å². The van der Waals surface area contributed by atoms with E-state index in [-0.39, 0.29) is 17.3 Å². The van der Waals surface area contributed by atoms with Crippen molar-refractivity contribution in [2.75, 3.05) is 0 Å². The molecule has 0 unspecified atom stereocenters. The molecule has 30 heavy (non-hydrogen) atoms. The number of carbonyl (C=O) groups is 2. The summed E-state index contributed by atoms with van der Waals surface area (Å²) in [4.78, 5) is 24.0. The third-order valence-electron chi connectivity index (χ3n) is 5.61. The molecular weight excluding hydrogens is 372 g/mol. The van der Waals surface area contributed by atoms with E-state index in [9.17, 15) is 14.7 Å². The molecule has 144 valence electrons. The molecule has 4 aromatic rings. The maximum Gasteiger partial charge on any atom is 0.197 e. The van der Waals surface area contributed by atoms with Gasteiger partial charge < -0.3 is 5.11 Å². The van der Waals surface area contributed by atoms with E-state index < -0.39 is 0 Å². The van der Waals surface area contributed by atoms with Gasteiger partial charge in [-0.25, -0.2) is 0 Å². The number of hydrogen-bond donors (Lipinski definition) is 1. The maximum atomic E-state index is 12.0. The zero-order chi connectivity index (χ0) is 20.8. The normalized spacial score (nSPS) is 12.4. The van der Waals surface area contributed by atoms with Gasteiger partial charge in [-0.2, -0.15) is 0 Å². The summed E-state index contributed by atoms with van der Waals surface area (Å²) in [6.07, 6.45) is 0. The van der Waals surface area contributed by atoms with Crippen molar-refractivity contribution in [3.8, 4) is 28.0 Å². The molecule has 0 saturated heterocycles. The molecular formula is C27H18O3. The molecule has 4 aromatic carbocycles. The molecule has 0 aromatic heterocycles. The predicted molar refractivity (Wildman–Crippen MR) is 117 cm³/mol. The summed E-state index contributed by atoms with van der Waals surface area (Å²) >= 11 is 0. The summed E-state index contributed by atoms with van der Waals surface area (Å²) < 4.78 is 0. The van der Waals surface area contributed by atoms with Gasteiger partial charge in [0.05, 0.1) is 5.56 Å². The lowest BCUT2D eigenvalue weighted by Gasteiger charge is -1.99. The summed E-state index contributed by atoms with van der Waals surface area (Å²) in [5.41, 5.74) is 7.79. The molecule has 0 spiro atoms. The molecule has 0 bridgehead atoms. The van der Waals surface area contributed by atoms with Crippen LogP contribution in [-0.4, -0.2) is 16.7 Å². The van der Waals surface area contributed by atoms with Gasteiger partial charge in [-0.05, 0) is 41.3 Å². The molecule has 6 rings (SSSR count). The Morgan fingerprint density at radius 3 is 1.77 bits per heavy atom. The number of ketones is 2. The van der Waals surface area contributed by atoms with E-state index in [1.807, 2.05) is 73.7 Å². The highest BCUT2D eigenvalue weighted by molar-refractivity contribution is 6.23. The zero-order valence-corrected chi connectivity index (χ0v) is 16.3. The molecule has 3 nitrogen and oxygen atoms in total. The second kappa shape index (κ2) is 6.82. The lowest BCUT2D eigenvalue weighted by Crippen LogP contribution is -1.94. The second-order valence-corrected chi connectivity index (χ2v) is 7.50. The standard InChI is InChI=1S/C14H10O.C13H8O2/c1-9-6-7-11-10-4-2-3-5-12(10)14(15)13(11)8-9;14-11-7-3-6-9-8-4-1-2-5-10(8)13(15)12(9)11/h2-8H,1H3;1-7,14H. The number of rotatable bonds is 0. The zero-order valence-electron chi connectivity index (χ0n) is 16.3. The molecule has 3 heteroatoms. The number of carbonyl (C=O) groups excluding carboxylic acids is 2. The minimum absolute atomic E-state index is 0.0636. The maximum absolute atomic E-state index is 12.0. The summed E-state index contributed by atoms with van der Waals surface area (Å²) in [6.45, 7) is 2.01. The summed E-state index contributed by atoms with van der Waals surface area (Å²) in [7, 11) is 0. The highest BCUT2D eigenvalue weighted by Gasteiger charge is 2.28. The molecule has 0 heterocycles. The molecule has 2 aliphatic rings. The largest absolute Gasteiger partial charge is 0.507 e. The third kappa shape index (κ3) is 2.67. The van der Waals surface area contributed by atoms with Crippen LogP contribution in [-0.2, 0) is 0 Å². The van der Waals surface area contributed by atoms with Crippen molar-refractivity contribution >= 4 is 11.6 Å². The Morgan fingerprint density at radius 1 is 0.533 bits per heavy atom. The third-order valence-corrected chi connectivity index (χ3v) is 5.61. The quantitative estimate of drug-likeness (QED) is 0.356. The van der Waals surface area contributed by atoms with Gasteiger partial charge in [-0.1, -0.05) is 78.4 Å². The minimum Gasteiger partial charge on any atom is -0.507 e. The first kappa shape index (κ1) is 18.1. The number of fused-ring (bicyclic) bond motifs is 6. The molecule has 0 aliphatic heterocycles. The number of aromatic hydroxyl groups is 1. The second-order valence-electron chi connectivity index (χ2n) is 7.50. The van der Waals surface area contributed by atoms with Crippen molar-refractivity contribution in [1.82, 2.24) is 0 Å². The number of phenolic OH excluding ortho intramolecular Hbond substituents is 1. The van der Waals surface area contributed by atoms with Crippen LogP contribution in [0.2, 0.25) is 0 Å². The van der Waals surface area contributed by atoms with Gasteiger partial charge in [0, 0.05) is 16.7 Å². The molecule has 1 N–H and O–H groups in total. The Bertz CT molecular complexity index is 1350. The highest BCUT2D eigenvalue weighted by Crippen LogP contribution is 2.40. The van der Waals surface area contributed by atoms with Crippen LogP contribution in [0.5, 0.6) is 5.75 Å². The van der Waals surface area contributed by atoms with Gasteiger partial charge in [0.2, 0.25) is 0 Å². The van der Waals surface area contributed by atoms with Gasteiger partial charge >= 0.3 is 0 Å². The first-order chi connectivity index (χ1) is 14.6. The molecule has 0 amide bonds. The van der Waals surface area contributed by atoms with E-state index in [1.54, 1.807) is 18.2 Å². The fourth-order valence-electron chi connectivity index (χ4n) is 4.20. The summed E-state index contributed by atoms with van der Waals surface area (Å²) in [5.74, 6) is 0.136. The van der Waals surface area contributed by atoms with Crippen LogP contribution in [0.1, 0.15) is 37.4 Å². The van der Waals surface area contributed by atoms with E-state index >= 15 is 0 Å². The van der Waals surface area contributed by atoms with Crippen LogP contribution >= 0.6 is 0 Å². The van der Waals surface area contributed by atoms with Crippen molar-refractivity contribution < 1.29 is 14.7 Å². The Morgan fingerprint density at radius 2 is 1.07 bits per heavy atom. The van der Waals surface area contributed by atoms with Gasteiger partial charge in [-0.3, -0.25) is 9.59 Å². The van der Waals surface area contributed by atoms with Gasteiger partial charge in [0.25, 0.3) is 0 Å². The highest BCUT2D eigenvalue weighted by atomic mass is 16.3. The first-order valence-corrected chi connectivity index (χ1v) is 9.77. The Balaban J connectivity index is 0.000000128. The smallest absolute Gasteiger partial charge is 0.197 e. The Labute approximate surface area is 174 Å². The molecule has 2 aliphatic carbocycles. The number of phenols is 1. The fraction of sp³-hybridized carbons (Fsp3) is 0.0370. The number of benzene rings is 4. The van der Waals surface area contributed by atoms with E-state index in [0.717, 1.165) is 38.9 Å². The van der Waals surface area contributed by atoms with Crippen molar-refractivity contribution in [2.45, 2.75) is 6.92 Å². The van der Waals surface area contributed by atoms with E-state index in [4.69, 9.17) is 0 Å². The Kier molecular flexibility index (Phi) is 4.11. The predicted octanol–water partition coefficient (Wildman–Crippen LogP) is 5.81. The number of aryl methyl sites for hydroxylation is 1. The van der Waals surface area contributed by atoms with Crippen LogP contribution in [0.15, 0.2) is 84.9 Å². The van der Waals surface area contributed by atoms with Crippen LogP contribution < -0.4 is 0 Å². The fourth-order valence-corrected chi connectivity index (χ4v) is 4.20. The molecule has 0 fully saturated rings. The van der Waals surface area contributed by atoms with Crippen LogP contribution in [0.3, 0.4) is 0 Å². The first-order valence-electron chi connectivity index (χ1n) is 9.77. The van der Waals surface area contributed by atoms with Crippen LogP contribution in [0, 0.1) is 6.92 Å². The lowest BCUT2D eigenvalue weighted by atomic mass is 10.0. The van der Waals surface area contributed by atoms with E-state index in [1.165, 1.54) is 0 Å². The van der Waals surface area contributed by atoms with Crippen molar-refractivity contribution in [3.05, 3.63) is 113 Å². The number of hydrogen-bond acceptors (Lipinski definition) is 3. The van der Waals surface area contributed by atoms with Gasteiger partial charge in [-0.15, -0.1) is 0 Å². The van der Waals surface area contributed by atoms with E-state index in [0.29, 0.717) is 11.1 Å². The Hall–Kier alpha value is -3.98. The topological polar surface area (TPSA) is 54.4 Å². The van der Waals surface area contributed by atoms with Gasteiger partial charge in [0.1, 0.15) is 5.75 Å². The summed E-state index contributed by atoms with van der Waals surface area (Å²) in [5, 5.41) is 9.65. The van der Waals surface area contributed by atoms with E-state index in [2.05, 4.69) is 0 Å². The minimum atomic E-state index is -0.0845.